The Labute approximate surface area is 139 Å². The lowest BCUT2D eigenvalue weighted by Crippen LogP contribution is -2.73. The van der Waals surface area contributed by atoms with E-state index in [2.05, 4.69) is 33.8 Å². The van der Waals surface area contributed by atoms with E-state index in [0.717, 1.165) is 11.3 Å². The second kappa shape index (κ2) is 5.98. The van der Waals surface area contributed by atoms with E-state index < -0.39 is 0 Å². The predicted molar refractivity (Wildman–Crippen MR) is 89.6 cm³/mol. The minimum atomic E-state index is -0.0862. The zero-order valence-electron chi connectivity index (χ0n) is 14.1. The second-order valence-electron chi connectivity index (χ2n) is 7.00. The monoisotopic (exact) mass is 324 g/mol. The van der Waals surface area contributed by atoms with Crippen molar-refractivity contribution < 1.29 is 9.47 Å². The molecule has 2 N–H and O–H groups in total. The van der Waals surface area contributed by atoms with Gasteiger partial charge in [0.2, 0.25) is 0 Å². The number of hydrogen-bond acceptors (Lipinski definition) is 4. The van der Waals surface area contributed by atoms with Crippen molar-refractivity contribution in [3.8, 4) is 17.6 Å². The maximum absolute atomic E-state index is 9.12. The van der Waals surface area contributed by atoms with Gasteiger partial charge in [0, 0.05) is 22.4 Å². The molecular formula is C17H25ClN2O2. The summed E-state index contributed by atoms with van der Waals surface area (Å²) in [6.07, 6.45) is 0.0244. The van der Waals surface area contributed by atoms with Crippen LogP contribution in [0.2, 0.25) is 0 Å². The van der Waals surface area contributed by atoms with Crippen LogP contribution in [-0.2, 0) is 0 Å². The van der Waals surface area contributed by atoms with E-state index in [1.807, 2.05) is 13.0 Å². The van der Waals surface area contributed by atoms with Crippen LogP contribution in [0.5, 0.6) is 11.5 Å². The van der Waals surface area contributed by atoms with Gasteiger partial charge in [0.1, 0.15) is 23.7 Å². The Morgan fingerprint density at radius 3 is 2.18 bits per heavy atom. The van der Waals surface area contributed by atoms with Gasteiger partial charge in [-0.3, -0.25) is 0 Å². The molecule has 1 fully saturated rings. The summed E-state index contributed by atoms with van der Waals surface area (Å²) in [5, 5.41) is 9.12. The summed E-state index contributed by atoms with van der Waals surface area (Å²) in [4.78, 5) is 0. The fourth-order valence-electron chi connectivity index (χ4n) is 3.73. The van der Waals surface area contributed by atoms with Crippen molar-refractivity contribution in [1.82, 2.24) is 0 Å². The quantitative estimate of drug-likeness (QED) is 0.924. The van der Waals surface area contributed by atoms with E-state index in [1.165, 1.54) is 0 Å². The predicted octanol–water partition coefficient (Wildman–Crippen LogP) is 3.44. The fourth-order valence-corrected chi connectivity index (χ4v) is 3.73. The first-order valence-corrected chi connectivity index (χ1v) is 7.17. The first-order chi connectivity index (χ1) is 9.67. The summed E-state index contributed by atoms with van der Waals surface area (Å²) in [5.74, 6) is 1.33. The van der Waals surface area contributed by atoms with Crippen LogP contribution < -0.4 is 15.2 Å². The van der Waals surface area contributed by atoms with Gasteiger partial charge in [-0.1, -0.05) is 27.7 Å². The van der Waals surface area contributed by atoms with Crippen molar-refractivity contribution in [3.05, 3.63) is 23.3 Å². The lowest BCUT2D eigenvalue weighted by Gasteiger charge is -2.61. The maximum atomic E-state index is 9.12. The largest absolute Gasteiger partial charge is 0.495 e. The molecule has 0 heterocycles. The van der Waals surface area contributed by atoms with Gasteiger partial charge < -0.3 is 15.2 Å². The Kier molecular flexibility index (Phi) is 5.06. The first-order valence-electron chi connectivity index (χ1n) is 7.17. The van der Waals surface area contributed by atoms with Crippen molar-refractivity contribution >= 4 is 12.4 Å². The number of nitrogens with two attached hydrogens (primary N) is 1. The Bertz CT molecular complexity index is 589. The number of nitrogens with zero attached hydrogens (tertiary/aromatic N) is 1. The molecule has 1 saturated carbocycles. The third-order valence-electron chi connectivity index (χ3n) is 4.88. The molecule has 5 heteroatoms. The van der Waals surface area contributed by atoms with Crippen LogP contribution in [0.3, 0.4) is 0 Å². The van der Waals surface area contributed by atoms with Gasteiger partial charge in [0.05, 0.1) is 12.7 Å². The van der Waals surface area contributed by atoms with Crippen LogP contribution >= 0.6 is 12.4 Å². The molecule has 0 aliphatic heterocycles. The van der Waals surface area contributed by atoms with Gasteiger partial charge in [-0.2, -0.15) is 5.26 Å². The normalized spacial score (nSPS) is 24.5. The molecule has 1 aliphatic carbocycles. The van der Waals surface area contributed by atoms with Crippen LogP contribution in [0.25, 0.3) is 0 Å². The second-order valence-corrected chi connectivity index (χ2v) is 7.00. The van der Waals surface area contributed by atoms with E-state index >= 15 is 0 Å². The molecule has 122 valence electrons. The fraction of sp³-hybridized carbons (Fsp3) is 0.588. The zero-order chi connectivity index (χ0) is 16.0. The zero-order valence-corrected chi connectivity index (χ0v) is 14.9. The van der Waals surface area contributed by atoms with E-state index in [1.54, 1.807) is 13.2 Å². The minimum Gasteiger partial charge on any atom is -0.495 e. The Morgan fingerprint density at radius 2 is 1.73 bits per heavy atom. The van der Waals surface area contributed by atoms with E-state index in [4.69, 9.17) is 20.5 Å². The molecule has 1 aromatic rings. The average Bonchev–Trinajstić information content (AvgIpc) is 2.44. The Balaban J connectivity index is 0.00000242. The molecule has 0 atom stereocenters. The highest BCUT2D eigenvalue weighted by Gasteiger charge is 2.62. The molecule has 0 bridgehead atoms. The highest BCUT2D eigenvalue weighted by atomic mass is 35.5. The van der Waals surface area contributed by atoms with Gasteiger partial charge >= 0.3 is 0 Å². The molecule has 1 aliphatic rings. The van der Waals surface area contributed by atoms with Crippen molar-refractivity contribution in [1.29, 1.82) is 5.26 Å². The smallest absolute Gasteiger partial charge is 0.143 e. The summed E-state index contributed by atoms with van der Waals surface area (Å²) in [5.41, 5.74) is 7.47. The van der Waals surface area contributed by atoms with Gasteiger partial charge in [-0.25, -0.2) is 0 Å². The molecule has 1 aromatic carbocycles. The van der Waals surface area contributed by atoms with Gasteiger partial charge in [0.25, 0.3) is 0 Å². The topological polar surface area (TPSA) is 68.3 Å². The number of nitriles is 1. The summed E-state index contributed by atoms with van der Waals surface area (Å²) in [6.45, 7) is 10.4. The summed E-state index contributed by atoms with van der Waals surface area (Å²) in [6, 6.07) is 5.80. The van der Waals surface area contributed by atoms with Gasteiger partial charge in [-0.05, 0) is 19.1 Å². The molecule has 0 spiro atoms. The van der Waals surface area contributed by atoms with E-state index in [0.29, 0.717) is 11.3 Å². The third kappa shape index (κ3) is 2.53. The summed E-state index contributed by atoms with van der Waals surface area (Å²) in [7, 11) is 1.57. The molecule has 4 nitrogen and oxygen atoms in total. The van der Waals surface area contributed by atoms with Gasteiger partial charge in [-0.15, -0.1) is 12.4 Å². The average molecular weight is 325 g/mol. The van der Waals surface area contributed by atoms with Gasteiger partial charge in [0.15, 0.2) is 0 Å². The first kappa shape index (κ1) is 18.6. The molecular weight excluding hydrogens is 300 g/mol. The van der Waals surface area contributed by atoms with Crippen LogP contribution in [0, 0.1) is 29.1 Å². The number of hydrogen-bond donors (Lipinski definition) is 1. The van der Waals surface area contributed by atoms with E-state index in [9.17, 15) is 0 Å². The lowest BCUT2D eigenvalue weighted by molar-refractivity contribution is -0.155. The Morgan fingerprint density at radius 1 is 1.18 bits per heavy atom. The molecule has 2 rings (SSSR count). The number of rotatable bonds is 3. The van der Waals surface area contributed by atoms with Crippen molar-refractivity contribution in [2.45, 2.75) is 46.8 Å². The highest BCUT2D eigenvalue weighted by molar-refractivity contribution is 5.85. The van der Waals surface area contributed by atoms with E-state index in [-0.39, 0.29) is 35.4 Å². The Hall–Kier alpha value is -1.44. The van der Waals surface area contributed by atoms with Crippen molar-refractivity contribution in [2.24, 2.45) is 16.6 Å². The molecule has 0 aromatic heterocycles. The molecule has 0 amide bonds. The number of halogens is 1. The SMILES string of the molecule is COc1c(C#N)ccc(OC2C(C)(C)C(N)C2(C)C)c1C.Cl. The molecule has 0 radical (unpaired) electrons. The summed E-state index contributed by atoms with van der Waals surface area (Å²) >= 11 is 0. The number of ether oxygens (including phenoxy) is 2. The summed E-state index contributed by atoms with van der Waals surface area (Å²) < 4.78 is 11.6. The van der Waals surface area contributed by atoms with Crippen molar-refractivity contribution in [3.63, 3.8) is 0 Å². The third-order valence-corrected chi connectivity index (χ3v) is 4.88. The van der Waals surface area contributed by atoms with Crippen LogP contribution in [-0.4, -0.2) is 19.3 Å². The molecule has 22 heavy (non-hydrogen) atoms. The lowest BCUT2D eigenvalue weighted by atomic mass is 9.50. The maximum Gasteiger partial charge on any atom is 0.143 e. The number of methoxy groups -OCH3 is 1. The van der Waals surface area contributed by atoms with Crippen molar-refractivity contribution in [2.75, 3.05) is 7.11 Å². The van der Waals surface area contributed by atoms with Crippen LogP contribution in [0.4, 0.5) is 0 Å². The molecule has 0 unspecified atom stereocenters. The standard InChI is InChI=1S/C17H24N2O2.ClH/c1-10-12(8-7-11(9-18)13(10)20-6)21-15-16(2,3)14(19)17(15,4)5;/h7-8,14-15H,19H2,1-6H3;1H. The minimum absolute atomic E-state index is 0. The highest BCUT2D eigenvalue weighted by Crippen LogP contribution is 2.54. The van der Waals surface area contributed by atoms with Crippen LogP contribution in [0.15, 0.2) is 12.1 Å². The molecule has 0 saturated heterocycles. The number of benzene rings is 1. The van der Waals surface area contributed by atoms with Crippen LogP contribution in [0.1, 0.15) is 38.8 Å².